The molecule has 0 bridgehead atoms. The van der Waals surface area contributed by atoms with Crippen LogP contribution >= 0.6 is 11.3 Å². The molecule has 0 aliphatic carbocycles. The van der Waals surface area contributed by atoms with Crippen LogP contribution in [0.2, 0.25) is 0 Å². The monoisotopic (exact) mass is 285 g/mol. The van der Waals surface area contributed by atoms with Gasteiger partial charge in [-0.3, -0.25) is 0 Å². The molecule has 0 saturated heterocycles. The zero-order valence-corrected chi connectivity index (χ0v) is 12.0. The van der Waals surface area contributed by atoms with Crippen LogP contribution in [0.25, 0.3) is 5.82 Å². The lowest BCUT2D eigenvalue weighted by atomic mass is 10.2. The summed E-state index contributed by atoms with van der Waals surface area (Å²) in [6.45, 7) is 3.59. The van der Waals surface area contributed by atoms with Gasteiger partial charge in [0.2, 0.25) is 0 Å². The van der Waals surface area contributed by atoms with Gasteiger partial charge in [-0.1, -0.05) is 0 Å². The molecule has 0 aliphatic rings. The molecular weight excluding hydrogens is 270 g/mol. The molecular formula is C14H15N5S. The van der Waals surface area contributed by atoms with Gasteiger partial charge in [-0.25, -0.2) is 14.6 Å². The molecule has 3 aromatic rings. The largest absolute Gasteiger partial charge is 0.307 e. The van der Waals surface area contributed by atoms with Gasteiger partial charge in [0, 0.05) is 37.1 Å². The smallest absolute Gasteiger partial charge is 0.153 e. The van der Waals surface area contributed by atoms with E-state index in [0.29, 0.717) is 0 Å². The predicted molar refractivity (Wildman–Crippen MR) is 78.8 cm³/mol. The highest BCUT2D eigenvalue weighted by Gasteiger charge is 2.01. The molecule has 3 heterocycles. The minimum atomic E-state index is 0.782. The van der Waals surface area contributed by atoms with Crippen LogP contribution in [0.4, 0.5) is 0 Å². The number of aryl methyl sites for hydroxylation is 1. The average Bonchev–Trinajstić information content (AvgIpc) is 3.11. The molecule has 0 fully saturated rings. The van der Waals surface area contributed by atoms with Crippen molar-refractivity contribution in [3.05, 3.63) is 58.4 Å². The van der Waals surface area contributed by atoms with Crippen LogP contribution in [0.5, 0.6) is 0 Å². The minimum Gasteiger partial charge on any atom is -0.307 e. The van der Waals surface area contributed by atoms with Crippen molar-refractivity contribution in [3.63, 3.8) is 0 Å². The lowest BCUT2D eigenvalue weighted by Gasteiger charge is -2.05. The van der Waals surface area contributed by atoms with Gasteiger partial charge in [-0.2, -0.15) is 5.10 Å². The average molecular weight is 285 g/mol. The first-order chi connectivity index (χ1) is 9.81. The molecule has 1 N–H and O–H groups in total. The number of nitrogens with zero attached hydrogens (tertiary/aromatic N) is 4. The third kappa shape index (κ3) is 3.09. The number of nitrogens with one attached hydrogen (secondary N) is 1. The quantitative estimate of drug-likeness (QED) is 0.781. The third-order valence-electron chi connectivity index (χ3n) is 2.85. The summed E-state index contributed by atoms with van der Waals surface area (Å²) in [5.74, 6) is 0.832. The van der Waals surface area contributed by atoms with E-state index in [0.717, 1.165) is 29.6 Å². The Morgan fingerprint density at radius 2 is 2.25 bits per heavy atom. The topological polar surface area (TPSA) is 55.6 Å². The van der Waals surface area contributed by atoms with E-state index in [1.54, 1.807) is 28.4 Å². The van der Waals surface area contributed by atoms with Gasteiger partial charge < -0.3 is 5.32 Å². The van der Waals surface area contributed by atoms with E-state index in [1.165, 1.54) is 5.56 Å². The lowest BCUT2D eigenvalue weighted by molar-refractivity contribution is 0.679. The number of aromatic nitrogens is 4. The highest BCUT2D eigenvalue weighted by atomic mass is 32.1. The van der Waals surface area contributed by atoms with Crippen LogP contribution in [0.3, 0.4) is 0 Å². The second-order valence-electron chi connectivity index (χ2n) is 4.43. The molecule has 3 aromatic heterocycles. The van der Waals surface area contributed by atoms with Crippen LogP contribution in [0.1, 0.15) is 16.3 Å². The van der Waals surface area contributed by atoms with Crippen molar-refractivity contribution in [2.24, 2.45) is 0 Å². The first-order valence-electron chi connectivity index (χ1n) is 6.38. The first-order valence-corrected chi connectivity index (χ1v) is 7.26. The Morgan fingerprint density at radius 3 is 3.00 bits per heavy atom. The Bertz CT molecular complexity index is 674. The van der Waals surface area contributed by atoms with Crippen LogP contribution in [0.15, 0.2) is 42.2 Å². The minimum absolute atomic E-state index is 0.782. The van der Waals surface area contributed by atoms with Crippen molar-refractivity contribution >= 4 is 11.3 Å². The SMILES string of the molecule is Cc1nc(CNCc2ccnc(-n3cccn3)c2)cs1. The molecule has 0 spiro atoms. The van der Waals surface area contributed by atoms with E-state index in [2.05, 4.69) is 25.8 Å². The molecule has 0 atom stereocenters. The number of pyridine rings is 1. The molecule has 20 heavy (non-hydrogen) atoms. The molecule has 0 radical (unpaired) electrons. The maximum absolute atomic E-state index is 4.43. The molecule has 0 aliphatic heterocycles. The second-order valence-corrected chi connectivity index (χ2v) is 5.50. The zero-order valence-electron chi connectivity index (χ0n) is 11.2. The fourth-order valence-electron chi connectivity index (χ4n) is 1.92. The Kier molecular flexibility index (Phi) is 3.85. The number of hydrogen-bond donors (Lipinski definition) is 1. The van der Waals surface area contributed by atoms with Crippen molar-refractivity contribution in [3.8, 4) is 5.82 Å². The predicted octanol–water partition coefficient (Wildman–Crippen LogP) is 2.32. The standard InChI is InChI=1S/C14H15N5S/c1-11-18-13(10-20-11)9-15-8-12-3-5-16-14(7-12)19-6-2-4-17-19/h2-7,10,15H,8-9H2,1H3. The van der Waals surface area contributed by atoms with Crippen LogP contribution < -0.4 is 5.32 Å². The Balaban J connectivity index is 1.62. The summed E-state index contributed by atoms with van der Waals surface area (Å²) in [7, 11) is 0. The summed E-state index contributed by atoms with van der Waals surface area (Å²) in [6, 6.07) is 5.93. The van der Waals surface area contributed by atoms with Gasteiger partial charge >= 0.3 is 0 Å². The van der Waals surface area contributed by atoms with E-state index in [-0.39, 0.29) is 0 Å². The summed E-state index contributed by atoms with van der Waals surface area (Å²) in [6.07, 6.45) is 5.44. The maximum Gasteiger partial charge on any atom is 0.153 e. The van der Waals surface area contributed by atoms with Gasteiger partial charge in [0.05, 0.1) is 10.7 Å². The van der Waals surface area contributed by atoms with Gasteiger partial charge in [0.1, 0.15) is 0 Å². The van der Waals surface area contributed by atoms with Crippen LogP contribution in [0, 0.1) is 6.92 Å². The van der Waals surface area contributed by atoms with Crippen molar-refractivity contribution in [2.75, 3.05) is 0 Å². The Labute approximate surface area is 121 Å². The third-order valence-corrected chi connectivity index (χ3v) is 3.67. The summed E-state index contributed by atoms with van der Waals surface area (Å²) in [4.78, 5) is 8.74. The highest BCUT2D eigenvalue weighted by Crippen LogP contribution is 2.09. The van der Waals surface area contributed by atoms with Crippen LogP contribution in [-0.4, -0.2) is 19.7 Å². The maximum atomic E-state index is 4.43. The summed E-state index contributed by atoms with van der Waals surface area (Å²) >= 11 is 1.68. The van der Waals surface area contributed by atoms with Gasteiger partial charge in [-0.05, 0) is 30.7 Å². The highest BCUT2D eigenvalue weighted by molar-refractivity contribution is 7.09. The van der Waals surface area contributed by atoms with E-state index in [9.17, 15) is 0 Å². The second kappa shape index (κ2) is 5.94. The fraction of sp³-hybridized carbons (Fsp3) is 0.214. The summed E-state index contributed by atoms with van der Waals surface area (Å²) < 4.78 is 1.76. The van der Waals surface area contributed by atoms with E-state index in [4.69, 9.17) is 0 Å². The molecule has 0 unspecified atom stereocenters. The molecule has 102 valence electrons. The summed E-state index contributed by atoms with van der Waals surface area (Å²) in [5.41, 5.74) is 2.27. The number of thiazole rings is 1. The number of rotatable bonds is 5. The van der Waals surface area contributed by atoms with E-state index < -0.39 is 0 Å². The van der Waals surface area contributed by atoms with Gasteiger partial charge in [0.25, 0.3) is 0 Å². The van der Waals surface area contributed by atoms with E-state index in [1.807, 2.05) is 31.3 Å². The normalized spacial score (nSPS) is 10.8. The van der Waals surface area contributed by atoms with Crippen molar-refractivity contribution in [2.45, 2.75) is 20.0 Å². The zero-order chi connectivity index (χ0) is 13.8. The summed E-state index contributed by atoms with van der Waals surface area (Å²) in [5, 5.41) is 10.8. The molecule has 0 aromatic carbocycles. The van der Waals surface area contributed by atoms with Crippen LogP contribution in [-0.2, 0) is 13.1 Å². The molecule has 5 nitrogen and oxygen atoms in total. The Morgan fingerprint density at radius 1 is 1.30 bits per heavy atom. The fourth-order valence-corrected chi connectivity index (χ4v) is 2.54. The van der Waals surface area contributed by atoms with Gasteiger partial charge in [-0.15, -0.1) is 11.3 Å². The molecule has 0 saturated carbocycles. The van der Waals surface area contributed by atoms with E-state index >= 15 is 0 Å². The van der Waals surface area contributed by atoms with Crippen molar-refractivity contribution in [1.82, 2.24) is 25.1 Å². The molecule has 3 rings (SSSR count). The Hall–Kier alpha value is -2.05. The van der Waals surface area contributed by atoms with Crippen molar-refractivity contribution < 1.29 is 0 Å². The van der Waals surface area contributed by atoms with Crippen molar-refractivity contribution in [1.29, 1.82) is 0 Å². The first kappa shape index (κ1) is 13.0. The lowest BCUT2D eigenvalue weighted by Crippen LogP contribution is -2.13. The molecule has 0 amide bonds. The number of hydrogen-bond acceptors (Lipinski definition) is 5. The molecule has 6 heteroatoms. The van der Waals surface area contributed by atoms with Gasteiger partial charge in [0.15, 0.2) is 5.82 Å².